The second-order valence-electron chi connectivity index (χ2n) is 4.74. The molecule has 0 aromatic rings. The van der Waals surface area contributed by atoms with Crippen molar-refractivity contribution in [2.75, 3.05) is 19.6 Å². The lowest BCUT2D eigenvalue weighted by Gasteiger charge is -2.33. The van der Waals surface area contributed by atoms with Crippen molar-refractivity contribution < 1.29 is 8.78 Å². The minimum atomic E-state index is -2.54. The fourth-order valence-corrected chi connectivity index (χ4v) is 2.24. The van der Waals surface area contributed by atoms with Crippen LogP contribution in [-0.4, -0.2) is 36.4 Å². The van der Waals surface area contributed by atoms with Crippen molar-refractivity contribution in [3.8, 4) is 0 Å². The van der Waals surface area contributed by atoms with Gasteiger partial charge in [0.15, 0.2) is 5.96 Å². The normalized spacial score (nSPS) is 30.0. The van der Waals surface area contributed by atoms with E-state index >= 15 is 0 Å². The van der Waals surface area contributed by atoms with Gasteiger partial charge in [0.05, 0.1) is 6.54 Å². The third-order valence-corrected chi connectivity index (χ3v) is 3.56. The van der Waals surface area contributed by atoms with Gasteiger partial charge in [-0.25, -0.2) is 8.78 Å². The van der Waals surface area contributed by atoms with Gasteiger partial charge < -0.3 is 10.6 Å². The van der Waals surface area contributed by atoms with E-state index in [1.807, 2.05) is 4.90 Å². The number of likely N-dealkylation sites (tertiary alicyclic amines) is 1. The van der Waals surface area contributed by atoms with E-state index in [1.54, 1.807) is 0 Å². The maximum Gasteiger partial charge on any atom is 0.252 e. The summed E-state index contributed by atoms with van der Waals surface area (Å²) < 4.78 is 27.0. The molecule has 1 unspecified atom stereocenters. The average molecular weight is 231 g/mol. The highest BCUT2D eigenvalue weighted by molar-refractivity contribution is 5.78. The topological polar surface area (TPSA) is 41.6 Å². The van der Waals surface area contributed by atoms with Crippen LogP contribution in [0.2, 0.25) is 0 Å². The minimum Gasteiger partial charge on any atom is -0.370 e. The highest BCUT2D eigenvalue weighted by atomic mass is 19.3. The molecule has 0 spiro atoms. The summed E-state index contributed by atoms with van der Waals surface area (Å²) >= 11 is 0. The summed E-state index contributed by atoms with van der Waals surface area (Å²) in [4.78, 5) is 6.04. The first kappa shape index (κ1) is 11.6. The second-order valence-corrected chi connectivity index (χ2v) is 4.74. The molecule has 2 N–H and O–H groups in total. The number of halogens is 2. The van der Waals surface area contributed by atoms with Gasteiger partial charge in [0.2, 0.25) is 0 Å². The molecule has 0 radical (unpaired) electrons. The Morgan fingerprint density at radius 2 is 2.06 bits per heavy atom. The van der Waals surface area contributed by atoms with Gasteiger partial charge in [0.1, 0.15) is 0 Å². The Bertz CT molecular complexity index is 274. The van der Waals surface area contributed by atoms with Crippen LogP contribution in [0.5, 0.6) is 0 Å². The molecule has 2 aliphatic rings. The SMILES string of the molecule is NC(=NCC1CCCCC1(F)F)N1CCC1. The molecule has 5 heteroatoms. The predicted molar refractivity (Wildman–Crippen MR) is 59.6 cm³/mol. The van der Waals surface area contributed by atoms with E-state index in [0.29, 0.717) is 18.8 Å². The van der Waals surface area contributed by atoms with E-state index in [1.165, 1.54) is 0 Å². The molecule has 0 aromatic carbocycles. The first-order valence-electron chi connectivity index (χ1n) is 6.02. The first-order chi connectivity index (χ1) is 7.59. The van der Waals surface area contributed by atoms with Crippen molar-refractivity contribution in [3.05, 3.63) is 0 Å². The van der Waals surface area contributed by atoms with Crippen molar-refractivity contribution >= 4 is 5.96 Å². The molecule has 1 atom stereocenters. The number of hydrogen-bond donors (Lipinski definition) is 1. The van der Waals surface area contributed by atoms with E-state index in [0.717, 1.165) is 25.9 Å². The number of aliphatic imine (C=N–C) groups is 1. The molecule has 1 saturated carbocycles. The molecule has 0 aromatic heterocycles. The van der Waals surface area contributed by atoms with Crippen LogP contribution >= 0.6 is 0 Å². The monoisotopic (exact) mass is 231 g/mol. The van der Waals surface area contributed by atoms with Gasteiger partial charge in [-0.1, -0.05) is 6.42 Å². The zero-order valence-corrected chi connectivity index (χ0v) is 9.46. The Kier molecular flexibility index (Phi) is 3.30. The molecule has 1 saturated heterocycles. The van der Waals surface area contributed by atoms with Crippen molar-refractivity contribution in [2.45, 2.75) is 38.0 Å². The quantitative estimate of drug-likeness (QED) is 0.582. The van der Waals surface area contributed by atoms with Crippen molar-refractivity contribution in [1.29, 1.82) is 0 Å². The van der Waals surface area contributed by atoms with Crippen molar-refractivity contribution in [3.63, 3.8) is 0 Å². The molecular weight excluding hydrogens is 212 g/mol. The number of hydrogen-bond acceptors (Lipinski definition) is 1. The maximum atomic E-state index is 13.5. The fourth-order valence-electron chi connectivity index (χ4n) is 2.24. The summed E-state index contributed by atoms with van der Waals surface area (Å²) in [6.45, 7) is 2.00. The summed E-state index contributed by atoms with van der Waals surface area (Å²) in [5.41, 5.74) is 5.72. The van der Waals surface area contributed by atoms with Gasteiger partial charge in [-0.15, -0.1) is 0 Å². The van der Waals surface area contributed by atoms with E-state index in [2.05, 4.69) is 4.99 Å². The van der Waals surface area contributed by atoms with Crippen molar-refractivity contribution in [2.24, 2.45) is 16.6 Å². The minimum absolute atomic E-state index is 0.0107. The molecule has 1 aliphatic heterocycles. The van der Waals surface area contributed by atoms with Gasteiger partial charge in [-0.05, 0) is 19.3 Å². The van der Waals surface area contributed by atoms with E-state index in [4.69, 9.17) is 5.73 Å². The van der Waals surface area contributed by atoms with Crippen molar-refractivity contribution in [1.82, 2.24) is 4.90 Å². The predicted octanol–water partition coefficient (Wildman–Crippen LogP) is 1.83. The molecule has 2 rings (SSSR count). The van der Waals surface area contributed by atoms with E-state index < -0.39 is 11.8 Å². The highest BCUT2D eigenvalue weighted by Crippen LogP contribution is 2.38. The molecule has 92 valence electrons. The third kappa shape index (κ3) is 2.44. The van der Waals surface area contributed by atoms with Crippen LogP contribution in [0.3, 0.4) is 0 Å². The Morgan fingerprint density at radius 3 is 2.62 bits per heavy atom. The van der Waals surface area contributed by atoms with Crippen LogP contribution in [0.1, 0.15) is 32.1 Å². The second kappa shape index (κ2) is 4.55. The van der Waals surface area contributed by atoms with Gasteiger partial charge in [0.25, 0.3) is 5.92 Å². The number of rotatable bonds is 2. The van der Waals surface area contributed by atoms with E-state index in [-0.39, 0.29) is 13.0 Å². The summed E-state index contributed by atoms with van der Waals surface area (Å²) in [6.07, 6.45) is 3.23. The largest absolute Gasteiger partial charge is 0.370 e. The summed E-state index contributed by atoms with van der Waals surface area (Å²) in [6, 6.07) is 0. The molecule has 0 bridgehead atoms. The molecular formula is C11H19F2N3. The fraction of sp³-hybridized carbons (Fsp3) is 0.909. The Hall–Kier alpha value is -0.870. The summed E-state index contributed by atoms with van der Waals surface area (Å²) in [7, 11) is 0. The van der Waals surface area contributed by atoms with Gasteiger partial charge >= 0.3 is 0 Å². The van der Waals surface area contributed by atoms with Crippen LogP contribution < -0.4 is 5.73 Å². The van der Waals surface area contributed by atoms with Crippen LogP contribution in [0.25, 0.3) is 0 Å². The third-order valence-electron chi connectivity index (χ3n) is 3.56. The maximum absolute atomic E-state index is 13.5. The van der Waals surface area contributed by atoms with Gasteiger partial charge in [0, 0.05) is 25.4 Å². The zero-order chi connectivity index (χ0) is 11.6. The van der Waals surface area contributed by atoms with Crippen LogP contribution in [0.15, 0.2) is 4.99 Å². The highest BCUT2D eigenvalue weighted by Gasteiger charge is 2.41. The molecule has 0 amide bonds. The van der Waals surface area contributed by atoms with Gasteiger partial charge in [-0.3, -0.25) is 4.99 Å². The Balaban J connectivity index is 1.87. The summed E-state index contributed by atoms with van der Waals surface area (Å²) in [5, 5.41) is 0. The van der Waals surface area contributed by atoms with E-state index in [9.17, 15) is 8.78 Å². The zero-order valence-electron chi connectivity index (χ0n) is 9.46. The first-order valence-corrected chi connectivity index (χ1v) is 6.02. The molecule has 1 heterocycles. The van der Waals surface area contributed by atoms with Crippen LogP contribution in [0.4, 0.5) is 8.78 Å². The molecule has 2 fully saturated rings. The smallest absolute Gasteiger partial charge is 0.252 e. The molecule has 3 nitrogen and oxygen atoms in total. The van der Waals surface area contributed by atoms with Gasteiger partial charge in [-0.2, -0.15) is 0 Å². The number of nitrogens with two attached hydrogens (primary N) is 1. The molecule has 1 aliphatic carbocycles. The lowest BCUT2D eigenvalue weighted by Crippen LogP contribution is -2.47. The summed E-state index contributed by atoms with van der Waals surface area (Å²) in [5.74, 6) is -2.72. The Morgan fingerprint density at radius 1 is 1.31 bits per heavy atom. The number of alkyl halides is 2. The number of nitrogens with zero attached hydrogens (tertiary/aromatic N) is 2. The standard InChI is InChI=1S/C11H19F2N3/c12-11(13)5-2-1-4-9(11)8-15-10(14)16-6-3-7-16/h9H,1-8H2,(H2,14,15). The lowest BCUT2D eigenvalue weighted by molar-refractivity contribution is -0.0815. The molecule has 16 heavy (non-hydrogen) atoms. The lowest BCUT2D eigenvalue weighted by atomic mass is 9.86. The Labute approximate surface area is 94.7 Å². The van der Waals surface area contributed by atoms with Crippen LogP contribution in [-0.2, 0) is 0 Å². The van der Waals surface area contributed by atoms with Crippen LogP contribution in [0, 0.1) is 5.92 Å². The number of guanidine groups is 1. The average Bonchev–Trinajstić information content (AvgIpc) is 2.12.